The molecule has 0 fully saturated rings. The number of amides is 1. The smallest absolute Gasteiger partial charge is 0.416 e. The molecule has 0 aliphatic carbocycles. The molecule has 156 valence electrons. The van der Waals surface area contributed by atoms with Crippen LogP contribution in [0.3, 0.4) is 0 Å². The van der Waals surface area contributed by atoms with Gasteiger partial charge in [0.1, 0.15) is 15.6 Å². The van der Waals surface area contributed by atoms with Gasteiger partial charge in [0.05, 0.1) is 18.4 Å². The van der Waals surface area contributed by atoms with Crippen molar-refractivity contribution in [2.24, 2.45) is 0 Å². The van der Waals surface area contributed by atoms with Crippen LogP contribution in [0.15, 0.2) is 42.5 Å². The predicted molar refractivity (Wildman–Crippen MR) is 110 cm³/mol. The molecule has 0 spiro atoms. The Bertz CT molecular complexity index is 1090. The first-order valence-electron chi connectivity index (χ1n) is 9.42. The number of hydrogen-bond donors (Lipinski definition) is 0. The van der Waals surface area contributed by atoms with Crippen molar-refractivity contribution < 1.29 is 22.7 Å². The summed E-state index contributed by atoms with van der Waals surface area (Å²) in [5.74, 6) is 0.607. The number of benzene rings is 2. The highest BCUT2D eigenvalue weighted by Crippen LogP contribution is 2.36. The van der Waals surface area contributed by atoms with Gasteiger partial charge in [-0.25, -0.2) is 4.98 Å². The van der Waals surface area contributed by atoms with E-state index in [9.17, 15) is 18.0 Å². The van der Waals surface area contributed by atoms with Crippen LogP contribution in [0, 0.1) is 6.92 Å². The van der Waals surface area contributed by atoms with Crippen molar-refractivity contribution in [1.82, 2.24) is 4.98 Å². The van der Waals surface area contributed by atoms with Crippen molar-refractivity contribution in [3.63, 3.8) is 0 Å². The molecular weight excluding hydrogens is 413 g/mol. The van der Waals surface area contributed by atoms with Gasteiger partial charge in [0, 0.05) is 17.8 Å². The van der Waals surface area contributed by atoms with Crippen molar-refractivity contribution in [3.05, 3.63) is 64.2 Å². The van der Waals surface area contributed by atoms with Gasteiger partial charge in [0.15, 0.2) is 0 Å². The highest BCUT2D eigenvalue weighted by Gasteiger charge is 2.30. The molecule has 0 radical (unpaired) electrons. The number of ether oxygens (including phenoxy) is 1. The van der Waals surface area contributed by atoms with Gasteiger partial charge in [-0.05, 0) is 55.7 Å². The second kappa shape index (κ2) is 7.75. The summed E-state index contributed by atoms with van der Waals surface area (Å²) in [6.45, 7) is 2.35. The number of alkyl halides is 3. The monoisotopic (exact) mass is 432 g/mol. The number of thiazole rings is 1. The molecule has 0 atom stereocenters. The van der Waals surface area contributed by atoms with Crippen LogP contribution in [-0.2, 0) is 12.6 Å². The zero-order valence-electron chi connectivity index (χ0n) is 16.4. The maximum Gasteiger partial charge on any atom is 0.416 e. The molecule has 0 unspecified atom stereocenters. The molecule has 2 aromatic carbocycles. The third-order valence-electron chi connectivity index (χ3n) is 5.10. The second-order valence-corrected chi connectivity index (χ2v) is 8.06. The molecule has 1 aromatic heterocycles. The Morgan fingerprint density at radius 2 is 1.90 bits per heavy atom. The molecule has 0 N–H and O–H groups in total. The summed E-state index contributed by atoms with van der Waals surface area (Å²) in [4.78, 5) is 20.0. The Kier molecular flexibility index (Phi) is 5.27. The number of nitrogens with zero attached hydrogens (tertiary/aromatic N) is 2. The average Bonchev–Trinajstić information content (AvgIpc) is 3.13. The minimum absolute atomic E-state index is 0.144. The molecular formula is C22H19F3N2O2S. The van der Waals surface area contributed by atoms with E-state index in [-0.39, 0.29) is 5.91 Å². The standard InChI is InChI=1S/C22H19F3N2O2S/c1-13-19(30-20(26-13)14-5-7-16(8-6-14)22(23,24)25)21(28)27-11-3-4-15-12-17(29-2)9-10-18(15)27/h5-10,12H,3-4,11H2,1-2H3. The van der Waals surface area contributed by atoms with Crippen molar-refractivity contribution in [2.75, 3.05) is 18.6 Å². The van der Waals surface area contributed by atoms with Gasteiger partial charge >= 0.3 is 6.18 Å². The van der Waals surface area contributed by atoms with Gasteiger partial charge < -0.3 is 9.64 Å². The van der Waals surface area contributed by atoms with Crippen molar-refractivity contribution in [3.8, 4) is 16.3 Å². The molecule has 1 aliphatic heterocycles. The van der Waals surface area contributed by atoms with Gasteiger partial charge in [-0.15, -0.1) is 11.3 Å². The molecule has 0 bridgehead atoms. The van der Waals surface area contributed by atoms with Gasteiger partial charge in [-0.1, -0.05) is 12.1 Å². The van der Waals surface area contributed by atoms with Crippen LogP contribution in [0.4, 0.5) is 18.9 Å². The molecule has 1 aliphatic rings. The Balaban J connectivity index is 1.64. The molecule has 0 saturated carbocycles. The van der Waals surface area contributed by atoms with Crippen LogP contribution in [0.1, 0.15) is 32.9 Å². The number of anilines is 1. The first kappa shape index (κ1) is 20.4. The van der Waals surface area contributed by atoms with Crippen LogP contribution in [-0.4, -0.2) is 24.5 Å². The fraction of sp³-hybridized carbons (Fsp3) is 0.273. The van der Waals surface area contributed by atoms with E-state index in [1.165, 1.54) is 23.5 Å². The minimum atomic E-state index is -4.39. The zero-order chi connectivity index (χ0) is 21.5. The number of fused-ring (bicyclic) bond motifs is 1. The Morgan fingerprint density at radius 1 is 1.17 bits per heavy atom. The number of carbonyl (C=O) groups is 1. The SMILES string of the molecule is COc1ccc2c(c1)CCCN2C(=O)c1sc(-c2ccc(C(F)(F)F)cc2)nc1C. The van der Waals surface area contributed by atoms with Gasteiger partial charge in [0.25, 0.3) is 5.91 Å². The summed E-state index contributed by atoms with van der Waals surface area (Å²) in [6, 6.07) is 10.5. The maximum absolute atomic E-state index is 13.3. The Morgan fingerprint density at radius 3 is 2.57 bits per heavy atom. The highest BCUT2D eigenvalue weighted by atomic mass is 32.1. The summed E-state index contributed by atoms with van der Waals surface area (Å²) < 4.78 is 43.7. The summed E-state index contributed by atoms with van der Waals surface area (Å²) in [5, 5.41) is 0.525. The lowest BCUT2D eigenvalue weighted by Gasteiger charge is -2.29. The first-order valence-corrected chi connectivity index (χ1v) is 10.2. The fourth-order valence-corrected chi connectivity index (χ4v) is 4.57. The van der Waals surface area contributed by atoms with Gasteiger partial charge in [-0.2, -0.15) is 13.2 Å². The molecule has 0 saturated heterocycles. The van der Waals surface area contributed by atoms with E-state index in [1.54, 1.807) is 18.9 Å². The van der Waals surface area contributed by atoms with Crippen LogP contribution in [0.2, 0.25) is 0 Å². The number of methoxy groups -OCH3 is 1. The van der Waals surface area contributed by atoms with E-state index in [0.29, 0.717) is 27.7 Å². The normalized spacial score (nSPS) is 13.8. The quantitative estimate of drug-likeness (QED) is 0.530. The van der Waals surface area contributed by atoms with Crippen LogP contribution in [0.25, 0.3) is 10.6 Å². The summed E-state index contributed by atoms with van der Waals surface area (Å²) in [7, 11) is 1.61. The summed E-state index contributed by atoms with van der Waals surface area (Å²) in [5.41, 5.74) is 2.32. The number of rotatable bonds is 3. The number of aryl methyl sites for hydroxylation is 2. The van der Waals surface area contributed by atoms with E-state index in [2.05, 4.69) is 4.98 Å². The molecule has 4 rings (SSSR count). The highest BCUT2D eigenvalue weighted by molar-refractivity contribution is 7.17. The van der Waals surface area contributed by atoms with Crippen molar-refractivity contribution in [1.29, 1.82) is 0 Å². The lowest BCUT2D eigenvalue weighted by Crippen LogP contribution is -2.35. The molecule has 2 heterocycles. The number of aromatic nitrogens is 1. The summed E-state index contributed by atoms with van der Waals surface area (Å²) in [6.07, 6.45) is -2.67. The van der Waals surface area contributed by atoms with Crippen LogP contribution < -0.4 is 9.64 Å². The molecule has 30 heavy (non-hydrogen) atoms. The molecule has 1 amide bonds. The molecule has 8 heteroatoms. The van der Waals surface area contributed by atoms with E-state index >= 15 is 0 Å². The van der Waals surface area contributed by atoms with Crippen molar-refractivity contribution >= 4 is 22.9 Å². The van der Waals surface area contributed by atoms with E-state index in [4.69, 9.17) is 4.74 Å². The Labute approximate surface area is 175 Å². The van der Waals surface area contributed by atoms with Crippen molar-refractivity contribution in [2.45, 2.75) is 25.9 Å². The first-order chi connectivity index (χ1) is 14.3. The molecule has 4 nitrogen and oxygen atoms in total. The Hall–Kier alpha value is -2.87. The maximum atomic E-state index is 13.3. The van der Waals surface area contributed by atoms with E-state index in [1.807, 2.05) is 18.2 Å². The largest absolute Gasteiger partial charge is 0.497 e. The number of halogens is 3. The average molecular weight is 432 g/mol. The van der Waals surface area contributed by atoms with Crippen LogP contribution >= 0.6 is 11.3 Å². The lowest BCUT2D eigenvalue weighted by atomic mass is 10.0. The lowest BCUT2D eigenvalue weighted by molar-refractivity contribution is -0.137. The van der Waals surface area contributed by atoms with Gasteiger partial charge in [-0.3, -0.25) is 4.79 Å². The fourth-order valence-electron chi connectivity index (χ4n) is 3.55. The number of carbonyl (C=O) groups excluding carboxylic acids is 1. The minimum Gasteiger partial charge on any atom is -0.497 e. The van der Waals surface area contributed by atoms with E-state index < -0.39 is 11.7 Å². The third-order valence-corrected chi connectivity index (χ3v) is 6.29. The zero-order valence-corrected chi connectivity index (χ0v) is 17.2. The van der Waals surface area contributed by atoms with E-state index in [0.717, 1.165) is 42.0 Å². The van der Waals surface area contributed by atoms with Crippen LogP contribution in [0.5, 0.6) is 5.75 Å². The predicted octanol–water partition coefficient (Wildman–Crippen LogP) is 5.74. The summed E-state index contributed by atoms with van der Waals surface area (Å²) >= 11 is 1.20. The second-order valence-electron chi connectivity index (χ2n) is 7.06. The third kappa shape index (κ3) is 3.79. The number of hydrogen-bond acceptors (Lipinski definition) is 4. The molecule has 3 aromatic rings. The van der Waals surface area contributed by atoms with Gasteiger partial charge in [0.2, 0.25) is 0 Å². The topological polar surface area (TPSA) is 42.4 Å².